The highest BCUT2D eigenvalue weighted by Gasteiger charge is 2.31. The Labute approximate surface area is 143 Å². The number of hydrogen-bond acceptors (Lipinski definition) is 3. The summed E-state index contributed by atoms with van der Waals surface area (Å²) in [6.45, 7) is 0. The second-order valence-corrected chi connectivity index (χ2v) is 6.44. The van der Waals surface area contributed by atoms with E-state index in [4.69, 9.17) is 23.8 Å². The summed E-state index contributed by atoms with van der Waals surface area (Å²) in [4.78, 5) is 2.85. The first-order valence-corrected chi connectivity index (χ1v) is 8.00. The number of fused-ring (bicyclic) bond motifs is 2. The van der Waals surface area contributed by atoms with Crippen LogP contribution in [0.15, 0.2) is 65.4 Å². The van der Waals surface area contributed by atoms with Crippen molar-refractivity contribution in [3.8, 4) is 0 Å². The van der Waals surface area contributed by atoms with Crippen LogP contribution in [0, 0.1) is 5.82 Å². The van der Waals surface area contributed by atoms with Gasteiger partial charge in [0.1, 0.15) is 16.0 Å². The predicted octanol–water partition coefficient (Wildman–Crippen LogP) is 3.58. The fourth-order valence-electron chi connectivity index (χ4n) is 2.92. The molecular formula is C17H13ClFN3S. The van der Waals surface area contributed by atoms with Crippen molar-refractivity contribution in [3.63, 3.8) is 0 Å². The van der Waals surface area contributed by atoms with Crippen LogP contribution < -0.4 is 10.6 Å². The van der Waals surface area contributed by atoms with E-state index < -0.39 is 0 Å². The third-order valence-corrected chi connectivity index (χ3v) is 4.68. The van der Waals surface area contributed by atoms with Gasteiger partial charge in [-0.1, -0.05) is 36.0 Å². The van der Waals surface area contributed by atoms with Gasteiger partial charge in [0.25, 0.3) is 0 Å². The molecule has 2 N–H and O–H groups in total. The molecule has 0 saturated carbocycles. The lowest BCUT2D eigenvalue weighted by atomic mass is 10.0. The number of nitrogens with zero attached hydrogens (tertiary/aromatic N) is 1. The fourth-order valence-corrected chi connectivity index (χ4v) is 3.41. The first-order valence-electron chi connectivity index (χ1n) is 7.21. The first-order chi connectivity index (χ1) is 11.1. The van der Waals surface area contributed by atoms with Crippen molar-refractivity contribution < 1.29 is 4.39 Å². The Morgan fingerprint density at radius 3 is 2.78 bits per heavy atom. The lowest BCUT2D eigenvalue weighted by Crippen LogP contribution is -2.36. The van der Waals surface area contributed by atoms with E-state index >= 15 is 0 Å². The number of thiocarbonyl (C=S) groups is 1. The maximum absolute atomic E-state index is 13.1. The molecule has 6 heteroatoms. The molecule has 0 fully saturated rings. The number of hydrogen-bond donors (Lipinski definition) is 2. The summed E-state index contributed by atoms with van der Waals surface area (Å²) in [6, 6.07) is 6.60. The largest absolute Gasteiger partial charge is 0.350 e. The molecule has 0 bridgehead atoms. The molecular weight excluding hydrogens is 333 g/mol. The van der Waals surface area contributed by atoms with E-state index in [9.17, 15) is 4.39 Å². The van der Waals surface area contributed by atoms with Crippen LogP contribution in [0.1, 0.15) is 12.0 Å². The van der Waals surface area contributed by atoms with Gasteiger partial charge in [0.05, 0.1) is 11.7 Å². The van der Waals surface area contributed by atoms with Crippen LogP contribution in [0.2, 0.25) is 0 Å². The van der Waals surface area contributed by atoms with Crippen LogP contribution in [0.4, 0.5) is 4.39 Å². The SMILES string of the molecule is Fc1ccc(C2=CN3C=C4C=C(Cl)NC=C4NC(=S)C3C2)cc1. The van der Waals surface area contributed by atoms with Crippen LogP contribution in [0.5, 0.6) is 0 Å². The van der Waals surface area contributed by atoms with Crippen LogP contribution in [-0.2, 0) is 0 Å². The summed E-state index contributed by atoms with van der Waals surface area (Å²) < 4.78 is 13.1. The zero-order valence-electron chi connectivity index (χ0n) is 12.0. The molecule has 3 heterocycles. The summed E-state index contributed by atoms with van der Waals surface area (Å²) in [5.74, 6) is -0.231. The van der Waals surface area contributed by atoms with Gasteiger partial charge >= 0.3 is 0 Å². The quantitative estimate of drug-likeness (QED) is 0.601. The number of halogens is 2. The average Bonchev–Trinajstić information content (AvgIpc) is 2.89. The third-order valence-electron chi connectivity index (χ3n) is 4.09. The molecule has 3 nitrogen and oxygen atoms in total. The average molecular weight is 346 g/mol. The minimum Gasteiger partial charge on any atom is -0.350 e. The van der Waals surface area contributed by atoms with E-state index in [0.717, 1.165) is 33.8 Å². The third kappa shape index (κ3) is 2.66. The van der Waals surface area contributed by atoms with E-state index in [1.54, 1.807) is 12.1 Å². The molecule has 0 aliphatic carbocycles. The molecule has 1 aromatic rings. The summed E-state index contributed by atoms with van der Waals surface area (Å²) in [6.07, 6.45) is 8.54. The summed E-state index contributed by atoms with van der Waals surface area (Å²) in [5, 5.41) is 6.81. The Balaban J connectivity index is 1.71. The summed E-state index contributed by atoms with van der Waals surface area (Å²) >= 11 is 11.6. The standard InChI is InChI=1S/C17H13ClFN3S/c18-16-6-12-9-22-8-11(10-1-3-13(19)4-2-10)5-15(22)17(23)21-14(12)7-20-16/h1-4,6-9,15,20H,5H2,(H,21,23). The van der Waals surface area contributed by atoms with Gasteiger partial charge in [0, 0.05) is 30.6 Å². The molecule has 3 aliphatic heterocycles. The zero-order chi connectivity index (χ0) is 16.0. The highest BCUT2D eigenvalue weighted by molar-refractivity contribution is 7.80. The van der Waals surface area contributed by atoms with Crippen molar-refractivity contribution in [3.05, 3.63) is 76.7 Å². The maximum Gasteiger partial charge on any atom is 0.123 e. The maximum atomic E-state index is 13.1. The van der Waals surface area contributed by atoms with Gasteiger partial charge in [-0.15, -0.1) is 0 Å². The second-order valence-electron chi connectivity index (χ2n) is 5.60. The minimum atomic E-state index is -0.231. The van der Waals surface area contributed by atoms with Crippen LogP contribution >= 0.6 is 23.8 Å². The molecule has 1 unspecified atom stereocenters. The van der Waals surface area contributed by atoms with Gasteiger partial charge in [-0.2, -0.15) is 0 Å². The van der Waals surface area contributed by atoms with Crippen LogP contribution in [0.3, 0.4) is 0 Å². The van der Waals surface area contributed by atoms with Crippen molar-refractivity contribution in [1.82, 2.24) is 15.5 Å². The van der Waals surface area contributed by atoms with Crippen molar-refractivity contribution >= 4 is 34.4 Å². The molecule has 116 valence electrons. The van der Waals surface area contributed by atoms with Gasteiger partial charge in [-0.05, 0) is 29.3 Å². The Bertz CT molecular complexity index is 808. The Morgan fingerprint density at radius 1 is 1.22 bits per heavy atom. The molecule has 0 aromatic heterocycles. The van der Waals surface area contributed by atoms with Gasteiger partial charge in [-0.3, -0.25) is 0 Å². The monoisotopic (exact) mass is 345 g/mol. The molecule has 1 atom stereocenters. The molecule has 0 amide bonds. The lowest BCUT2D eigenvalue weighted by Gasteiger charge is -2.20. The van der Waals surface area contributed by atoms with E-state index in [2.05, 4.69) is 21.7 Å². The number of rotatable bonds is 1. The molecule has 4 rings (SSSR count). The zero-order valence-corrected chi connectivity index (χ0v) is 13.6. The summed E-state index contributed by atoms with van der Waals surface area (Å²) in [7, 11) is 0. The van der Waals surface area contributed by atoms with Gasteiger partial charge in [-0.25, -0.2) is 4.39 Å². The normalized spacial score (nSPS) is 22.6. The van der Waals surface area contributed by atoms with Crippen LogP contribution in [0.25, 0.3) is 5.57 Å². The van der Waals surface area contributed by atoms with Gasteiger partial charge in [0.2, 0.25) is 0 Å². The van der Waals surface area contributed by atoms with Gasteiger partial charge < -0.3 is 15.5 Å². The van der Waals surface area contributed by atoms with Crippen molar-refractivity contribution in [1.29, 1.82) is 0 Å². The Hall–Kier alpha value is -2.11. The molecule has 0 saturated heterocycles. The predicted molar refractivity (Wildman–Crippen MR) is 93.6 cm³/mol. The van der Waals surface area contributed by atoms with Crippen molar-refractivity contribution in [2.24, 2.45) is 0 Å². The molecule has 23 heavy (non-hydrogen) atoms. The lowest BCUT2D eigenvalue weighted by molar-refractivity contribution is 0.485. The van der Waals surface area contributed by atoms with Crippen molar-refractivity contribution in [2.45, 2.75) is 12.5 Å². The van der Waals surface area contributed by atoms with E-state index in [0.29, 0.717) is 5.16 Å². The second kappa shape index (κ2) is 5.51. The smallest absolute Gasteiger partial charge is 0.123 e. The Kier molecular flexibility index (Phi) is 3.47. The van der Waals surface area contributed by atoms with Gasteiger partial charge in [0.15, 0.2) is 0 Å². The molecule has 0 spiro atoms. The highest BCUT2D eigenvalue weighted by Crippen LogP contribution is 2.34. The van der Waals surface area contributed by atoms with E-state index in [1.807, 2.05) is 18.5 Å². The van der Waals surface area contributed by atoms with Crippen molar-refractivity contribution in [2.75, 3.05) is 0 Å². The molecule has 1 aromatic carbocycles. The minimum absolute atomic E-state index is 0.0521. The topological polar surface area (TPSA) is 27.3 Å². The number of dihydropyridines is 1. The fraction of sp³-hybridized carbons (Fsp3) is 0.118. The molecule has 3 aliphatic rings. The number of benzene rings is 1. The van der Waals surface area contributed by atoms with E-state index in [-0.39, 0.29) is 11.9 Å². The van der Waals surface area contributed by atoms with Crippen LogP contribution in [-0.4, -0.2) is 15.9 Å². The molecule has 0 radical (unpaired) electrons. The van der Waals surface area contributed by atoms with E-state index in [1.165, 1.54) is 12.1 Å². The number of nitrogens with one attached hydrogen (secondary N) is 2. The summed E-state index contributed by atoms with van der Waals surface area (Å²) in [5.41, 5.74) is 4.02. The first kappa shape index (κ1) is 14.5. The Morgan fingerprint density at radius 2 is 2.00 bits per heavy atom. The number of allylic oxidation sites excluding steroid dienone is 1. The highest BCUT2D eigenvalue weighted by atomic mass is 35.5.